The predicted octanol–water partition coefficient (Wildman–Crippen LogP) is 9.84. The van der Waals surface area contributed by atoms with Gasteiger partial charge < -0.3 is 4.40 Å². The van der Waals surface area contributed by atoms with E-state index < -0.39 is 0 Å². The van der Waals surface area contributed by atoms with Gasteiger partial charge in [0.1, 0.15) is 0 Å². The number of hydrogen-bond acceptors (Lipinski definition) is 3. The third-order valence-electron chi connectivity index (χ3n) is 10.1. The summed E-state index contributed by atoms with van der Waals surface area (Å²) >= 11 is 0. The van der Waals surface area contributed by atoms with Gasteiger partial charge in [0, 0.05) is 21.5 Å². The lowest BCUT2D eigenvalue weighted by molar-refractivity contribution is 0.203. The number of nitrogens with one attached hydrogen (secondary N) is 3. The van der Waals surface area contributed by atoms with Gasteiger partial charge in [-0.1, -0.05) is 146 Å². The van der Waals surface area contributed by atoms with Crippen LogP contribution >= 0.6 is 0 Å². The molecule has 1 fully saturated rings. The molecule has 0 spiro atoms. The second-order valence-electron chi connectivity index (χ2n) is 12.7. The SMILES string of the molecule is c1ccc(C2NC(c3ccccc3)NC(c3ccc4ccccc4c3-c3ccc4c5cccc6c7ccccc7n(c4c3)c65)N2)cc1. The predicted molar refractivity (Wildman–Crippen MR) is 195 cm³/mol. The van der Waals surface area contributed by atoms with Crippen molar-refractivity contribution in [3.8, 4) is 11.1 Å². The van der Waals surface area contributed by atoms with Gasteiger partial charge in [0.15, 0.2) is 0 Å². The van der Waals surface area contributed by atoms with Gasteiger partial charge in [-0.05, 0) is 50.7 Å². The molecule has 0 bridgehead atoms. The Morgan fingerprint density at radius 2 is 0.979 bits per heavy atom. The summed E-state index contributed by atoms with van der Waals surface area (Å²) in [6, 6.07) is 57.3. The lowest BCUT2D eigenvalue weighted by atomic mass is 9.90. The molecule has 1 saturated heterocycles. The first kappa shape index (κ1) is 26.7. The highest BCUT2D eigenvalue weighted by Crippen LogP contribution is 2.43. The lowest BCUT2D eigenvalue weighted by Gasteiger charge is -2.40. The van der Waals surface area contributed by atoms with Gasteiger partial charge >= 0.3 is 0 Å². The zero-order valence-corrected chi connectivity index (χ0v) is 25.7. The topological polar surface area (TPSA) is 40.5 Å². The normalized spacial score (nSPS) is 18.6. The molecule has 3 N–H and O–H groups in total. The molecule has 0 amide bonds. The lowest BCUT2D eigenvalue weighted by Crippen LogP contribution is -2.54. The summed E-state index contributed by atoms with van der Waals surface area (Å²) < 4.78 is 2.47. The number of hydrogen-bond donors (Lipinski definition) is 3. The minimum absolute atomic E-state index is 0.0407. The van der Waals surface area contributed by atoms with Crippen molar-refractivity contribution >= 4 is 48.9 Å². The molecule has 10 rings (SSSR count). The molecule has 1 aliphatic heterocycles. The average Bonchev–Trinajstić information content (AvgIpc) is 3.67. The summed E-state index contributed by atoms with van der Waals surface area (Å²) in [4.78, 5) is 0. The van der Waals surface area contributed by atoms with Crippen LogP contribution in [0.5, 0.6) is 0 Å². The third-order valence-corrected chi connectivity index (χ3v) is 10.1. The van der Waals surface area contributed by atoms with Gasteiger partial charge in [-0.25, -0.2) is 0 Å². The quantitative estimate of drug-likeness (QED) is 0.187. The highest BCUT2D eigenvalue weighted by atomic mass is 15.4. The molecule has 224 valence electrons. The van der Waals surface area contributed by atoms with E-state index in [2.05, 4.69) is 178 Å². The van der Waals surface area contributed by atoms with Crippen LogP contribution in [0.3, 0.4) is 0 Å². The van der Waals surface area contributed by atoms with E-state index in [1.54, 1.807) is 0 Å². The van der Waals surface area contributed by atoms with E-state index in [-0.39, 0.29) is 18.5 Å². The van der Waals surface area contributed by atoms with Crippen molar-refractivity contribution in [3.05, 3.63) is 174 Å². The zero-order valence-electron chi connectivity index (χ0n) is 25.7. The van der Waals surface area contributed by atoms with Crippen molar-refractivity contribution in [3.63, 3.8) is 0 Å². The number of nitrogens with zero attached hydrogens (tertiary/aromatic N) is 1. The smallest absolute Gasteiger partial charge is 0.0870 e. The molecule has 4 heteroatoms. The van der Waals surface area contributed by atoms with Gasteiger partial charge in [0.2, 0.25) is 0 Å². The summed E-state index contributed by atoms with van der Waals surface area (Å²) in [7, 11) is 0. The summed E-state index contributed by atoms with van der Waals surface area (Å²) in [5, 5.41) is 19.4. The maximum Gasteiger partial charge on any atom is 0.0870 e. The van der Waals surface area contributed by atoms with Crippen molar-refractivity contribution in [2.24, 2.45) is 0 Å². The van der Waals surface area contributed by atoms with E-state index in [4.69, 9.17) is 0 Å². The van der Waals surface area contributed by atoms with Crippen LogP contribution in [0.2, 0.25) is 0 Å². The molecule has 0 aliphatic carbocycles. The van der Waals surface area contributed by atoms with E-state index in [0.717, 1.165) is 0 Å². The summed E-state index contributed by atoms with van der Waals surface area (Å²) in [5.74, 6) is 0. The highest BCUT2D eigenvalue weighted by molar-refractivity contribution is 6.23. The van der Waals surface area contributed by atoms with Crippen LogP contribution in [0.15, 0.2) is 158 Å². The van der Waals surface area contributed by atoms with E-state index >= 15 is 0 Å². The molecule has 3 heterocycles. The van der Waals surface area contributed by atoms with Gasteiger partial charge in [-0.15, -0.1) is 0 Å². The summed E-state index contributed by atoms with van der Waals surface area (Å²) in [6.07, 6.45) is -0.196. The minimum atomic E-state index is -0.115. The first-order valence-corrected chi connectivity index (χ1v) is 16.4. The Morgan fingerprint density at radius 3 is 1.70 bits per heavy atom. The van der Waals surface area contributed by atoms with E-state index in [9.17, 15) is 0 Å². The highest BCUT2D eigenvalue weighted by Gasteiger charge is 2.31. The van der Waals surface area contributed by atoms with Crippen molar-refractivity contribution < 1.29 is 0 Å². The molecular formula is C43H32N4. The fraction of sp³-hybridized carbons (Fsp3) is 0.0698. The number of para-hydroxylation sites is 2. The van der Waals surface area contributed by atoms with Crippen molar-refractivity contribution in [2.75, 3.05) is 0 Å². The summed E-state index contributed by atoms with van der Waals surface area (Å²) in [6.45, 7) is 0. The first-order valence-electron chi connectivity index (χ1n) is 16.4. The Balaban J connectivity index is 1.20. The number of fused-ring (bicyclic) bond motifs is 7. The molecule has 2 aromatic heterocycles. The van der Waals surface area contributed by atoms with Crippen molar-refractivity contribution in [1.29, 1.82) is 0 Å². The van der Waals surface area contributed by atoms with Crippen LogP contribution < -0.4 is 16.0 Å². The fourth-order valence-electron chi connectivity index (χ4n) is 7.94. The van der Waals surface area contributed by atoms with Crippen LogP contribution in [0, 0.1) is 0 Å². The molecule has 1 aliphatic rings. The summed E-state index contributed by atoms with van der Waals surface area (Å²) in [5.41, 5.74) is 9.90. The van der Waals surface area contributed by atoms with Crippen LogP contribution in [-0.4, -0.2) is 4.40 Å². The fourth-order valence-corrected chi connectivity index (χ4v) is 7.94. The van der Waals surface area contributed by atoms with E-state index in [0.29, 0.717) is 0 Å². The van der Waals surface area contributed by atoms with Crippen LogP contribution in [0.1, 0.15) is 35.2 Å². The maximum atomic E-state index is 3.94. The van der Waals surface area contributed by atoms with E-state index in [1.807, 2.05) is 0 Å². The Hall–Kier alpha value is -5.52. The van der Waals surface area contributed by atoms with E-state index in [1.165, 1.54) is 76.7 Å². The molecule has 4 nitrogen and oxygen atoms in total. The number of aromatic nitrogens is 1. The molecular weight excluding hydrogens is 573 g/mol. The standard InChI is InChI=1S/C43H32N4/c1-3-13-28(14-4-1)41-44-42(29-15-5-2-6-16-29)46-43(45-41)36-25-22-27-12-7-8-17-31(27)39(36)30-23-24-33-35-20-11-19-34-32-18-9-10-21-37(32)47(40(34)35)38(33)26-30/h1-26,41-46H. The zero-order chi connectivity index (χ0) is 30.9. The first-order chi connectivity index (χ1) is 23.3. The van der Waals surface area contributed by atoms with Crippen LogP contribution in [0.25, 0.3) is 60.0 Å². The maximum absolute atomic E-state index is 3.94. The van der Waals surface area contributed by atoms with Gasteiger partial charge in [-0.3, -0.25) is 16.0 Å². The van der Waals surface area contributed by atoms with Crippen molar-refractivity contribution in [2.45, 2.75) is 18.5 Å². The Morgan fingerprint density at radius 1 is 0.404 bits per heavy atom. The Kier molecular flexibility index (Phi) is 5.96. The monoisotopic (exact) mass is 604 g/mol. The molecule has 9 aromatic rings. The second kappa shape index (κ2) is 10.5. The number of benzene rings is 7. The Labute approximate surface area is 272 Å². The van der Waals surface area contributed by atoms with Gasteiger partial charge in [0.25, 0.3) is 0 Å². The molecule has 2 atom stereocenters. The molecule has 7 aromatic carbocycles. The van der Waals surface area contributed by atoms with Crippen molar-refractivity contribution in [1.82, 2.24) is 20.4 Å². The Bertz CT molecular complexity index is 2520. The third kappa shape index (κ3) is 4.13. The minimum Gasteiger partial charge on any atom is -0.308 e. The van der Waals surface area contributed by atoms with Gasteiger partial charge in [-0.2, -0.15) is 0 Å². The largest absolute Gasteiger partial charge is 0.308 e. The molecule has 47 heavy (non-hydrogen) atoms. The molecule has 0 radical (unpaired) electrons. The van der Waals surface area contributed by atoms with Crippen LogP contribution in [0.4, 0.5) is 0 Å². The molecule has 0 saturated carbocycles. The van der Waals surface area contributed by atoms with Gasteiger partial charge in [0.05, 0.1) is 35.0 Å². The van der Waals surface area contributed by atoms with Crippen LogP contribution in [-0.2, 0) is 0 Å². The second-order valence-corrected chi connectivity index (χ2v) is 12.7. The average molecular weight is 605 g/mol. The molecule has 2 unspecified atom stereocenters. The number of rotatable bonds is 4.